The Bertz CT molecular complexity index is 46.9. The van der Waals surface area contributed by atoms with Gasteiger partial charge in [-0.15, -0.1) is 0 Å². The zero-order chi connectivity index (χ0) is 6.95. The SMILES string of the molecule is CCCCOCCCN.[NaH]. The van der Waals surface area contributed by atoms with Gasteiger partial charge in [-0.25, -0.2) is 0 Å². The topological polar surface area (TPSA) is 35.2 Å². The van der Waals surface area contributed by atoms with Gasteiger partial charge in [0, 0.05) is 13.2 Å². The van der Waals surface area contributed by atoms with E-state index in [1.54, 1.807) is 0 Å². The first kappa shape index (κ1) is 13.5. The first-order valence-corrected chi connectivity index (χ1v) is 3.69. The Labute approximate surface area is 85.8 Å². The molecule has 0 unspecified atom stereocenters. The monoisotopic (exact) mass is 155 g/mol. The summed E-state index contributed by atoms with van der Waals surface area (Å²) in [6.07, 6.45) is 3.37. The molecule has 10 heavy (non-hydrogen) atoms. The van der Waals surface area contributed by atoms with E-state index in [0.29, 0.717) is 0 Å². The number of nitrogens with two attached hydrogens (primary N) is 1. The van der Waals surface area contributed by atoms with Crippen molar-refractivity contribution in [1.29, 1.82) is 0 Å². The van der Waals surface area contributed by atoms with Crippen LogP contribution < -0.4 is 5.73 Å². The van der Waals surface area contributed by atoms with Crippen LogP contribution in [-0.2, 0) is 4.74 Å². The molecule has 0 aromatic rings. The van der Waals surface area contributed by atoms with Crippen molar-refractivity contribution in [2.45, 2.75) is 26.2 Å². The van der Waals surface area contributed by atoms with E-state index < -0.39 is 0 Å². The van der Waals surface area contributed by atoms with E-state index in [1.807, 2.05) is 0 Å². The van der Waals surface area contributed by atoms with Crippen LogP contribution >= 0.6 is 0 Å². The third-order valence-electron chi connectivity index (χ3n) is 1.14. The second-order valence-corrected chi connectivity index (χ2v) is 2.11. The van der Waals surface area contributed by atoms with Crippen molar-refractivity contribution in [3.8, 4) is 0 Å². The van der Waals surface area contributed by atoms with E-state index in [-0.39, 0.29) is 29.6 Å². The van der Waals surface area contributed by atoms with Gasteiger partial charge in [-0.05, 0) is 19.4 Å². The van der Waals surface area contributed by atoms with Gasteiger partial charge >= 0.3 is 29.6 Å². The van der Waals surface area contributed by atoms with E-state index in [2.05, 4.69) is 6.92 Å². The Morgan fingerprint density at radius 1 is 1.20 bits per heavy atom. The first-order chi connectivity index (χ1) is 4.41. The summed E-state index contributed by atoms with van der Waals surface area (Å²) >= 11 is 0. The predicted molar refractivity (Wildman–Crippen MR) is 46.5 cm³/mol. The van der Waals surface area contributed by atoms with Gasteiger partial charge in [-0.2, -0.15) is 0 Å². The van der Waals surface area contributed by atoms with Gasteiger partial charge in [0.1, 0.15) is 0 Å². The van der Waals surface area contributed by atoms with Crippen LogP contribution in [0.25, 0.3) is 0 Å². The molecule has 0 aromatic heterocycles. The van der Waals surface area contributed by atoms with Gasteiger partial charge < -0.3 is 10.5 Å². The molecule has 0 aliphatic heterocycles. The fraction of sp³-hybridized carbons (Fsp3) is 1.00. The van der Waals surface area contributed by atoms with Crippen molar-refractivity contribution in [3.63, 3.8) is 0 Å². The molecule has 58 valence electrons. The maximum atomic E-state index is 5.26. The van der Waals surface area contributed by atoms with Crippen LogP contribution in [0.4, 0.5) is 0 Å². The van der Waals surface area contributed by atoms with Crippen LogP contribution in [0.15, 0.2) is 0 Å². The summed E-state index contributed by atoms with van der Waals surface area (Å²) in [4.78, 5) is 0. The standard InChI is InChI=1S/C7H17NO.Na.H/c1-2-3-6-9-7-4-5-8;;/h2-8H2,1H3;;. The van der Waals surface area contributed by atoms with Crippen LogP contribution in [0.5, 0.6) is 0 Å². The molecular weight excluding hydrogens is 137 g/mol. The molecule has 0 atom stereocenters. The van der Waals surface area contributed by atoms with Gasteiger partial charge in [0.05, 0.1) is 0 Å². The van der Waals surface area contributed by atoms with E-state index >= 15 is 0 Å². The van der Waals surface area contributed by atoms with E-state index in [9.17, 15) is 0 Å². The molecule has 0 bridgehead atoms. The minimum absolute atomic E-state index is 0. The summed E-state index contributed by atoms with van der Waals surface area (Å²) in [5.41, 5.74) is 5.26. The van der Waals surface area contributed by atoms with Crippen LogP contribution in [0.3, 0.4) is 0 Å². The summed E-state index contributed by atoms with van der Waals surface area (Å²) in [7, 11) is 0. The number of hydrogen-bond acceptors (Lipinski definition) is 2. The van der Waals surface area contributed by atoms with E-state index in [0.717, 1.165) is 26.2 Å². The van der Waals surface area contributed by atoms with Crippen LogP contribution in [0.1, 0.15) is 26.2 Å². The molecule has 0 aliphatic carbocycles. The molecular formula is C7H18NNaO. The third kappa shape index (κ3) is 11.7. The van der Waals surface area contributed by atoms with Crippen molar-refractivity contribution in [2.75, 3.05) is 19.8 Å². The normalized spacial score (nSPS) is 9.00. The first-order valence-electron chi connectivity index (χ1n) is 3.69. The Morgan fingerprint density at radius 2 is 1.80 bits per heavy atom. The average molecular weight is 155 g/mol. The molecule has 3 heteroatoms. The molecule has 2 N–H and O–H groups in total. The van der Waals surface area contributed by atoms with E-state index in [4.69, 9.17) is 10.5 Å². The molecule has 0 spiro atoms. The Balaban J connectivity index is 0. The fourth-order valence-corrected chi connectivity index (χ4v) is 0.534. The average Bonchev–Trinajstić information content (AvgIpc) is 1.89. The van der Waals surface area contributed by atoms with Gasteiger partial charge in [0.25, 0.3) is 0 Å². The molecule has 0 fully saturated rings. The molecule has 0 saturated heterocycles. The number of hydrogen-bond donors (Lipinski definition) is 1. The Kier molecular flexibility index (Phi) is 17.0. The molecule has 0 aromatic carbocycles. The Hall–Kier alpha value is 0.920. The Morgan fingerprint density at radius 3 is 2.30 bits per heavy atom. The van der Waals surface area contributed by atoms with Gasteiger partial charge in [-0.3, -0.25) is 0 Å². The second-order valence-electron chi connectivity index (χ2n) is 2.11. The van der Waals surface area contributed by atoms with Gasteiger partial charge in [0.2, 0.25) is 0 Å². The van der Waals surface area contributed by atoms with Crippen molar-refractivity contribution >= 4 is 29.6 Å². The number of rotatable bonds is 6. The van der Waals surface area contributed by atoms with Crippen molar-refractivity contribution in [1.82, 2.24) is 0 Å². The maximum absolute atomic E-state index is 5.26. The second kappa shape index (κ2) is 12.6. The van der Waals surface area contributed by atoms with Crippen LogP contribution in [0, 0.1) is 0 Å². The molecule has 0 radical (unpaired) electrons. The summed E-state index contributed by atoms with van der Waals surface area (Å²) in [5, 5.41) is 0. The van der Waals surface area contributed by atoms with Crippen LogP contribution in [-0.4, -0.2) is 49.3 Å². The van der Waals surface area contributed by atoms with E-state index in [1.165, 1.54) is 12.8 Å². The predicted octanol–water partition coefficient (Wildman–Crippen LogP) is 0.503. The van der Waals surface area contributed by atoms with Gasteiger partial charge in [-0.1, -0.05) is 13.3 Å². The van der Waals surface area contributed by atoms with Crippen molar-refractivity contribution < 1.29 is 4.74 Å². The number of unbranched alkanes of at least 4 members (excludes halogenated alkanes) is 1. The summed E-state index contributed by atoms with van der Waals surface area (Å²) < 4.78 is 5.23. The summed E-state index contributed by atoms with van der Waals surface area (Å²) in [6.45, 7) is 4.63. The molecule has 0 amide bonds. The molecule has 0 aliphatic rings. The van der Waals surface area contributed by atoms with Gasteiger partial charge in [0.15, 0.2) is 0 Å². The number of ether oxygens (including phenoxy) is 1. The van der Waals surface area contributed by atoms with Crippen LogP contribution in [0.2, 0.25) is 0 Å². The molecule has 2 nitrogen and oxygen atoms in total. The zero-order valence-electron chi connectivity index (χ0n) is 6.23. The summed E-state index contributed by atoms with van der Waals surface area (Å²) in [5.74, 6) is 0. The molecule has 0 rings (SSSR count). The van der Waals surface area contributed by atoms with Crippen molar-refractivity contribution in [2.24, 2.45) is 5.73 Å². The van der Waals surface area contributed by atoms with Crippen molar-refractivity contribution in [3.05, 3.63) is 0 Å². The quantitative estimate of drug-likeness (QED) is 0.448. The third-order valence-corrected chi connectivity index (χ3v) is 1.14. The molecule has 0 saturated carbocycles. The zero-order valence-corrected chi connectivity index (χ0v) is 6.23. The summed E-state index contributed by atoms with van der Waals surface area (Å²) in [6, 6.07) is 0. The molecule has 0 heterocycles. The minimum atomic E-state index is 0. The fourth-order valence-electron chi connectivity index (χ4n) is 0.534.